The zero-order valence-corrected chi connectivity index (χ0v) is 14.2. The molecule has 0 fully saturated rings. The van der Waals surface area contributed by atoms with Gasteiger partial charge in [0.2, 0.25) is 0 Å². The Bertz CT molecular complexity index is 396. The monoisotopic (exact) mass is 312 g/mol. The minimum Gasteiger partial charge on any atom is -0.395 e. The second kappa shape index (κ2) is 10.2. The molecular formula is C17H29ClN2O. The van der Waals surface area contributed by atoms with Crippen molar-refractivity contribution in [2.24, 2.45) is 0 Å². The molecule has 0 aromatic heterocycles. The van der Waals surface area contributed by atoms with E-state index in [1.807, 2.05) is 25.2 Å². The lowest BCUT2D eigenvalue weighted by molar-refractivity contribution is 0.138. The molecule has 0 aliphatic heterocycles. The Morgan fingerprint density at radius 1 is 1.24 bits per heavy atom. The van der Waals surface area contributed by atoms with Crippen LogP contribution in [-0.4, -0.2) is 42.8 Å². The molecule has 2 N–H and O–H groups in total. The van der Waals surface area contributed by atoms with E-state index in [9.17, 15) is 5.11 Å². The molecule has 3 nitrogen and oxygen atoms in total. The van der Waals surface area contributed by atoms with E-state index >= 15 is 0 Å². The van der Waals surface area contributed by atoms with Gasteiger partial charge < -0.3 is 10.4 Å². The fraction of sp³-hybridized carbons (Fsp3) is 0.647. The Kier molecular flexibility index (Phi) is 8.93. The van der Waals surface area contributed by atoms with E-state index in [0.29, 0.717) is 12.1 Å². The Morgan fingerprint density at radius 3 is 2.48 bits per heavy atom. The predicted molar refractivity (Wildman–Crippen MR) is 90.9 cm³/mol. The average molecular weight is 313 g/mol. The van der Waals surface area contributed by atoms with E-state index in [1.54, 1.807) is 0 Å². The standard InChI is InChI=1S/C17H29ClN2O/c1-4-16(5-2)20(11-12-21)10-9-17(19-3)14-7-6-8-15(18)13-14/h6-8,13,16-17,19,21H,4-5,9-12H2,1-3H3. The van der Waals surface area contributed by atoms with Gasteiger partial charge in [-0.3, -0.25) is 4.90 Å². The molecule has 21 heavy (non-hydrogen) atoms. The summed E-state index contributed by atoms with van der Waals surface area (Å²) in [6.07, 6.45) is 3.25. The predicted octanol–water partition coefficient (Wildman–Crippen LogP) is 3.47. The summed E-state index contributed by atoms with van der Waals surface area (Å²) in [5, 5.41) is 13.4. The molecule has 0 spiro atoms. The van der Waals surface area contributed by atoms with Crippen LogP contribution in [0.1, 0.15) is 44.7 Å². The van der Waals surface area contributed by atoms with Crippen molar-refractivity contribution in [2.75, 3.05) is 26.7 Å². The van der Waals surface area contributed by atoms with Crippen molar-refractivity contribution >= 4 is 11.6 Å². The van der Waals surface area contributed by atoms with E-state index in [-0.39, 0.29) is 6.61 Å². The minimum atomic E-state index is 0.220. The van der Waals surface area contributed by atoms with E-state index < -0.39 is 0 Å². The molecule has 0 saturated carbocycles. The Labute approximate surface area is 134 Å². The third-order valence-electron chi connectivity index (χ3n) is 4.15. The molecule has 0 amide bonds. The summed E-state index contributed by atoms with van der Waals surface area (Å²) in [4.78, 5) is 2.40. The maximum absolute atomic E-state index is 9.28. The van der Waals surface area contributed by atoms with Crippen LogP contribution >= 0.6 is 11.6 Å². The van der Waals surface area contributed by atoms with Gasteiger partial charge in [-0.15, -0.1) is 0 Å². The van der Waals surface area contributed by atoms with Crippen LogP contribution in [0.25, 0.3) is 0 Å². The highest BCUT2D eigenvalue weighted by Crippen LogP contribution is 2.21. The summed E-state index contributed by atoms with van der Waals surface area (Å²) in [6.45, 7) is 6.37. The maximum Gasteiger partial charge on any atom is 0.0558 e. The van der Waals surface area contributed by atoms with E-state index in [4.69, 9.17) is 11.6 Å². The fourth-order valence-corrected chi connectivity index (χ4v) is 3.11. The van der Waals surface area contributed by atoms with Crippen molar-refractivity contribution < 1.29 is 5.11 Å². The summed E-state index contributed by atoms with van der Waals surface area (Å²) in [5.74, 6) is 0. The number of halogens is 1. The van der Waals surface area contributed by atoms with Crippen molar-refractivity contribution in [3.8, 4) is 0 Å². The average Bonchev–Trinajstić information content (AvgIpc) is 2.49. The Hall–Kier alpha value is -0.610. The van der Waals surface area contributed by atoms with E-state index in [0.717, 1.165) is 37.4 Å². The van der Waals surface area contributed by atoms with Crippen LogP contribution in [0.3, 0.4) is 0 Å². The number of aliphatic hydroxyl groups is 1. The second-order valence-electron chi connectivity index (χ2n) is 5.41. The SMILES string of the molecule is CCC(CC)N(CCO)CCC(NC)c1cccc(Cl)c1. The molecule has 0 aliphatic rings. The van der Waals surface area contributed by atoms with Gasteiger partial charge in [0.25, 0.3) is 0 Å². The van der Waals surface area contributed by atoms with Gasteiger partial charge in [-0.05, 0) is 44.0 Å². The lowest BCUT2D eigenvalue weighted by Gasteiger charge is -2.31. The number of aliphatic hydroxyl groups excluding tert-OH is 1. The largest absolute Gasteiger partial charge is 0.395 e. The number of nitrogens with zero attached hydrogens (tertiary/aromatic N) is 1. The van der Waals surface area contributed by atoms with Crippen LogP contribution in [0, 0.1) is 0 Å². The topological polar surface area (TPSA) is 35.5 Å². The maximum atomic E-state index is 9.28. The number of benzene rings is 1. The molecule has 0 radical (unpaired) electrons. The molecule has 1 atom stereocenters. The first-order valence-electron chi connectivity index (χ1n) is 7.93. The molecule has 1 aromatic rings. The zero-order chi connectivity index (χ0) is 15.7. The van der Waals surface area contributed by atoms with Crippen molar-refractivity contribution in [2.45, 2.75) is 45.2 Å². The van der Waals surface area contributed by atoms with Gasteiger partial charge in [0.1, 0.15) is 0 Å². The molecule has 1 rings (SSSR count). The van der Waals surface area contributed by atoms with Gasteiger partial charge in [0, 0.05) is 30.2 Å². The molecule has 120 valence electrons. The van der Waals surface area contributed by atoms with Gasteiger partial charge in [-0.25, -0.2) is 0 Å². The highest BCUT2D eigenvalue weighted by molar-refractivity contribution is 6.30. The van der Waals surface area contributed by atoms with Crippen LogP contribution in [0.4, 0.5) is 0 Å². The number of hydrogen-bond donors (Lipinski definition) is 2. The number of rotatable bonds is 10. The Balaban J connectivity index is 2.67. The molecule has 0 heterocycles. The second-order valence-corrected chi connectivity index (χ2v) is 5.85. The fourth-order valence-electron chi connectivity index (χ4n) is 2.91. The normalized spacial score (nSPS) is 13.1. The molecule has 0 saturated heterocycles. The van der Waals surface area contributed by atoms with E-state index in [2.05, 4.69) is 30.1 Å². The third kappa shape index (κ3) is 5.95. The van der Waals surface area contributed by atoms with Crippen LogP contribution in [-0.2, 0) is 0 Å². The minimum absolute atomic E-state index is 0.220. The molecule has 1 aromatic carbocycles. The Morgan fingerprint density at radius 2 is 1.95 bits per heavy atom. The van der Waals surface area contributed by atoms with Crippen LogP contribution < -0.4 is 5.32 Å². The number of nitrogens with one attached hydrogen (secondary N) is 1. The summed E-state index contributed by atoms with van der Waals surface area (Å²) in [7, 11) is 1.99. The smallest absolute Gasteiger partial charge is 0.0558 e. The molecule has 0 bridgehead atoms. The summed E-state index contributed by atoms with van der Waals surface area (Å²) in [6, 6.07) is 8.87. The van der Waals surface area contributed by atoms with Crippen LogP contribution in [0.15, 0.2) is 24.3 Å². The van der Waals surface area contributed by atoms with Crippen molar-refractivity contribution in [3.05, 3.63) is 34.9 Å². The van der Waals surface area contributed by atoms with Gasteiger partial charge in [0.05, 0.1) is 6.61 Å². The molecule has 1 unspecified atom stereocenters. The molecule has 0 aliphatic carbocycles. The summed E-state index contributed by atoms with van der Waals surface area (Å²) >= 11 is 6.08. The van der Waals surface area contributed by atoms with Gasteiger partial charge in [-0.1, -0.05) is 37.6 Å². The zero-order valence-electron chi connectivity index (χ0n) is 13.5. The lowest BCUT2D eigenvalue weighted by Crippen LogP contribution is -2.38. The number of hydrogen-bond acceptors (Lipinski definition) is 3. The quantitative estimate of drug-likeness (QED) is 0.694. The van der Waals surface area contributed by atoms with Crippen LogP contribution in [0.2, 0.25) is 5.02 Å². The van der Waals surface area contributed by atoms with Gasteiger partial charge >= 0.3 is 0 Å². The summed E-state index contributed by atoms with van der Waals surface area (Å²) in [5.41, 5.74) is 1.22. The summed E-state index contributed by atoms with van der Waals surface area (Å²) < 4.78 is 0. The molecule has 4 heteroatoms. The highest BCUT2D eigenvalue weighted by Gasteiger charge is 2.17. The van der Waals surface area contributed by atoms with Crippen LogP contribution in [0.5, 0.6) is 0 Å². The van der Waals surface area contributed by atoms with Gasteiger partial charge in [-0.2, -0.15) is 0 Å². The lowest BCUT2D eigenvalue weighted by atomic mass is 10.0. The van der Waals surface area contributed by atoms with Crippen molar-refractivity contribution in [1.82, 2.24) is 10.2 Å². The van der Waals surface area contributed by atoms with Crippen molar-refractivity contribution in [3.63, 3.8) is 0 Å². The first kappa shape index (κ1) is 18.4. The van der Waals surface area contributed by atoms with Crippen molar-refractivity contribution in [1.29, 1.82) is 0 Å². The highest BCUT2D eigenvalue weighted by atomic mass is 35.5. The van der Waals surface area contributed by atoms with Gasteiger partial charge in [0.15, 0.2) is 0 Å². The first-order valence-corrected chi connectivity index (χ1v) is 8.31. The third-order valence-corrected chi connectivity index (χ3v) is 4.39. The molecular weight excluding hydrogens is 284 g/mol. The van der Waals surface area contributed by atoms with E-state index in [1.165, 1.54) is 5.56 Å². The first-order chi connectivity index (χ1) is 10.2.